The Bertz CT molecular complexity index is 420. The van der Waals surface area contributed by atoms with Gasteiger partial charge in [-0.1, -0.05) is 11.6 Å². The lowest BCUT2D eigenvalue weighted by molar-refractivity contribution is -0.129. The van der Waals surface area contributed by atoms with Crippen LogP contribution in [0.4, 0.5) is 0 Å². The number of hydrogen-bond donors (Lipinski definition) is 2. The quantitative estimate of drug-likeness (QED) is 0.644. The highest BCUT2D eigenvalue weighted by molar-refractivity contribution is 5.89. The first kappa shape index (κ1) is 16.0. The molecule has 2 rings (SSSR count). The van der Waals surface area contributed by atoms with Crippen molar-refractivity contribution in [2.45, 2.75) is 12.8 Å². The molecule has 0 aromatic heterocycles. The molecule has 2 aliphatic rings. The Morgan fingerprint density at radius 1 is 1.52 bits per heavy atom. The summed E-state index contributed by atoms with van der Waals surface area (Å²) in [4.78, 5) is 27.9. The molecule has 6 heteroatoms. The van der Waals surface area contributed by atoms with Crippen molar-refractivity contribution in [2.75, 3.05) is 53.4 Å². The van der Waals surface area contributed by atoms with Crippen LogP contribution in [0.25, 0.3) is 0 Å². The maximum Gasteiger partial charge on any atom is 0.225 e. The molecule has 2 aliphatic heterocycles. The van der Waals surface area contributed by atoms with E-state index in [4.69, 9.17) is 0 Å². The molecule has 0 saturated carbocycles. The molecule has 1 saturated heterocycles. The van der Waals surface area contributed by atoms with Gasteiger partial charge in [-0.05, 0) is 27.1 Å². The van der Waals surface area contributed by atoms with Gasteiger partial charge in [0.1, 0.15) is 0 Å². The lowest BCUT2D eigenvalue weighted by Crippen LogP contribution is -2.36. The first-order valence-electron chi connectivity index (χ1n) is 7.65. The molecule has 0 spiro atoms. The number of rotatable bonds is 6. The van der Waals surface area contributed by atoms with Crippen molar-refractivity contribution >= 4 is 11.8 Å². The van der Waals surface area contributed by atoms with E-state index < -0.39 is 0 Å². The molecule has 0 radical (unpaired) electrons. The van der Waals surface area contributed by atoms with Gasteiger partial charge in [0.2, 0.25) is 11.8 Å². The van der Waals surface area contributed by atoms with Crippen molar-refractivity contribution < 1.29 is 9.59 Å². The summed E-state index contributed by atoms with van der Waals surface area (Å²) in [6.45, 7) is 4.56. The smallest absolute Gasteiger partial charge is 0.225 e. The number of carbonyl (C=O) groups excluding carboxylic acids is 2. The second-order valence-corrected chi connectivity index (χ2v) is 6.08. The zero-order valence-electron chi connectivity index (χ0n) is 13.0. The van der Waals surface area contributed by atoms with Crippen molar-refractivity contribution in [2.24, 2.45) is 5.92 Å². The Labute approximate surface area is 126 Å². The fourth-order valence-corrected chi connectivity index (χ4v) is 2.66. The average molecular weight is 294 g/mol. The number of amides is 2. The summed E-state index contributed by atoms with van der Waals surface area (Å²) in [5.41, 5.74) is 1.27. The third-order valence-electron chi connectivity index (χ3n) is 4.05. The largest absolute Gasteiger partial charge is 0.352 e. The van der Waals surface area contributed by atoms with Crippen molar-refractivity contribution in [3.63, 3.8) is 0 Å². The summed E-state index contributed by atoms with van der Waals surface area (Å²) >= 11 is 0. The van der Waals surface area contributed by atoms with E-state index in [1.165, 1.54) is 5.57 Å². The number of likely N-dealkylation sites (tertiary alicyclic amines) is 1. The van der Waals surface area contributed by atoms with Crippen LogP contribution < -0.4 is 10.6 Å². The van der Waals surface area contributed by atoms with Crippen molar-refractivity contribution in [3.05, 3.63) is 11.6 Å². The van der Waals surface area contributed by atoms with Crippen LogP contribution in [-0.4, -0.2) is 75.0 Å². The molecule has 0 aliphatic carbocycles. The molecule has 1 fully saturated rings. The molecule has 6 nitrogen and oxygen atoms in total. The molecular formula is C15H26N4O2. The van der Waals surface area contributed by atoms with Crippen LogP contribution in [-0.2, 0) is 9.59 Å². The first-order chi connectivity index (χ1) is 10.1. The fraction of sp³-hybridized carbons (Fsp3) is 0.733. The standard InChI is InChI=1S/C15H26N4O2/c1-18(2)7-8-19-11-13(9-14(19)20)15(21)17-10-12-3-5-16-6-4-12/h3,13,16H,4-11H2,1-2H3,(H,17,21). The van der Waals surface area contributed by atoms with Gasteiger partial charge in [0.15, 0.2) is 0 Å². The molecule has 0 aromatic carbocycles. The number of likely N-dealkylation sites (N-methyl/N-ethyl adjacent to an activating group) is 1. The van der Waals surface area contributed by atoms with Crippen molar-refractivity contribution in [1.29, 1.82) is 0 Å². The van der Waals surface area contributed by atoms with Crippen LogP contribution >= 0.6 is 0 Å². The Hall–Kier alpha value is -1.40. The predicted octanol–water partition coefficient (Wildman–Crippen LogP) is -0.568. The first-order valence-corrected chi connectivity index (χ1v) is 7.65. The highest BCUT2D eigenvalue weighted by Gasteiger charge is 2.33. The van der Waals surface area contributed by atoms with Gasteiger partial charge in [-0.3, -0.25) is 9.59 Å². The summed E-state index contributed by atoms with van der Waals surface area (Å²) in [5, 5.41) is 6.22. The molecule has 0 aromatic rings. The van der Waals surface area contributed by atoms with E-state index in [1.54, 1.807) is 4.90 Å². The van der Waals surface area contributed by atoms with Gasteiger partial charge in [0, 0.05) is 39.1 Å². The number of nitrogens with zero attached hydrogens (tertiary/aromatic N) is 2. The Balaban J connectivity index is 1.75. The molecular weight excluding hydrogens is 268 g/mol. The molecule has 2 N–H and O–H groups in total. The SMILES string of the molecule is CN(C)CCN1CC(C(=O)NCC2=CCNCC2)CC1=O. The van der Waals surface area contributed by atoms with E-state index in [9.17, 15) is 9.59 Å². The summed E-state index contributed by atoms with van der Waals surface area (Å²) in [7, 11) is 3.97. The highest BCUT2D eigenvalue weighted by atomic mass is 16.2. The molecule has 2 heterocycles. The van der Waals surface area contributed by atoms with Crippen molar-refractivity contribution in [1.82, 2.24) is 20.4 Å². The normalized spacial score (nSPS) is 22.6. The average Bonchev–Trinajstić information content (AvgIpc) is 2.85. The van der Waals surface area contributed by atoms with Gasteiger partial charge in [-0.15, -0.1) is 0 Å². The van der Waals surface area contributed by atoms with E-state index in [1.807, 2.05) is 19.0 Å². The van der Waals surface area contributed by atoms with Gasteiger partial charge >= 0.3 is 0 Å². The maximum absolute atomic E-state index is 12.2. The molecule has 2 amide bonds. The second kappa shape index (κ2) is 7.56. The summed E-state index contributed by atoms with van der Waals surface area (Å²) in [6, 6.07) is 0. The number of carbonyl (C=O) groups is 2. The van der Waals surface area contributed by atoms with Crippen LogP contribution in [0.5, 0.6) is 0 Å². The van der Waals surface area contributed by atoms with Crippen molar-refractivity contribution in [3.8, 4) is 0 Å². The van der Waals surface area contributed by atoms with E-state index in [-0.39, 0.29) is 17.7 Å². The van der Waals surface area contributed by atoms with Crippen LogP contribution in [0.15, 0.2) is 11.6 Å². The van der Waals surface area contributed by atoms with Crippen LogP contribution in [0.2, 0.25) is 0 Å². The molecule has 1 unspecified atom stereocenters. The third-order valence-corrected chi connectivity index (χ3v) is 4.05. The zero-order chi connectivity index (χ0) is 15.2. The van der Waals surface area contributed by atoms with E-state index in [0.717, 1.165) is 26.1 Å². The van der Waals surface area contributed by atoms with Crippen LogP contribution in [0, 0.1) is 5.92 Å². The zero-order valence-corrected chi connectivity index (χ0v) is 13.0. The minimum Gasteiger partial charge on any atom is -0.352 e. The van der Waals surface area contributed by atoms with Crippen LogP contribution in [0.1, 0.15) is 12.8 Å². The maximum atomic E-state index is 12.2. The lowest BCUT2D eigenvalue weighted by atomic mass is 10.1. The number of hydrogen-bond acceptors (Lipinski definition) is 4. The van der Waals surface area contributed by atoms with Gasteiger partial charge in [-0.25, -0.2) is 0 Å². The summed E-state index contributed by atoms with van der Waals surface area (Å²) < 4.78 is 0. The molecule has 0 bridgehead atoms. The van der Waals surface area contributed by atoms with Gasteiger partial charge in [0.25, 0.3) is 0 Å². The predicted molar refractivity (Wildman–Crippen MR) is 81.8 cm³/mol. The van der Waals surface area contributed by atoms with Gasteiger partial charge < -0.3 is 20.4 Å². The van der Waals surface area contributed by atoms with E-state index in [0.29, 0.717) is 26.1 Å². The minimum atomic E-state index is -0.193. The monoisotopic (exact) mass is 294 g/mol. The van der Waals surface area contributed by atoms with Gasteiger partial charge in [0.05, 0.1) is 5.92 Å². The van der Waals surface area contributed by atoms with E-state index >= 15 is 0 Å². The molecule has 1 atom stereocenters. The van der Waals surface area contributed by atoms with Crippen LogP contribution in [0.3, 0.4) is 0 Å². The lowest BCUT2D eigenvalue weighted by Gasteiger charge is -2.19. The topological polar surface area (TPSA) is 64.7 Å². The Kier molecular flexibility index (Phi) is 5.76. The number of nitrogens with one attached hydrogen (secondary N) is 2. The third kappa shape index (κ3) is 4.82. The van der Waals surface area contributed by atoms with Gasteiger partial charge in [-0.2, -0.15) is 0 Å². The Morgan fingerprint density at radius 3 is 3.00 bits per heavy atom. The summed E-state index contributed by atoms with van der Waals surface area (Å²) in [5.74, 6) is -0.0878. The molecule has 21 heavy (non-hydrogen) atoms. The van der Waals surface area contributed by atoms with E-state index in [2.05, 4.69) is 16.7 Å². The highest BCUT2D eigenvalue weighted by Crippen LogP contribution is 2.17. The summed E-state index contributed by atoms with van der Waals surface area (Å²) in [6.07, 6.45) is 3.46. The Morgan fingerprint density at radius 2 is 2.33 bits per heavy atom. The molecule has 118 valence electrons. The second-order valence-electron chi connectivity index (χ2n) is 6.08. The minimum absolute atomic E-state index is 0.00938. The fourth-order valence-electron chi connectivity index (χ4n) is 2.66.